The molecule has 0 aliphatic carbocycles. The number of hydrogen-bond donors (Lipinski definition) is 3. The molecule has 0 unspecified atom stereocenters. The van der Waals surface area contributed by atoms with Crippen molar-refractivity contribution in [3.8, 4) is 0 Å². The van der Waals surface area contributed by atoms with Crippen LogP contribution >= 0.6 is 0 Å². The third-order valence-corrected chi connectivity index (χ3v) is 4.35. The lowest BCUT2D eigenvalue weighted by Crippen LogP contribution is -2.50. The first-order chi connectivity index (χ1) is 14.2. The number of H-pyrrole nitrogens is 1. The van der Waals surface area contributed by atoms with Gasteiger partial charge in [0.05, 0.1) is 6.20 Å². The van der Waals surface area contributed by atoms with Gasteiger partial charge in [0.1, 0.15) is 18.1 Å². The Hall–Kier alpha value is -3.53. The number of imide groups is 1. The summed E-state index contributed by atoms with van der Waals surface area (Å²) in [6, 6.07) is 5.47. The number of hydrogen-bond acceptors (Lipinski definition) is 6. The van der Waals surface area contributed by atoms with Crippen molar-refractivity contribution >= 4 is 29.3 Å². The Balaban J connectivity index is 2.38. The highest BCUT2D eigenvalue weighted by Gasteiger charge is 2.30. The van der Waals surface area contributed by atoms with E-state index in [9.17, 15) is 19.2 Å². The minimum absolute atomic E-state index is 0.122. The molecule has 2 rings (SSSR count). The zero-order chi connectivity index (χ0) is 22.3. The average Bonchev–Trinajstić information content (AvgIpc) is 3.15. The Labute approximate surface area is 174 Å². The Kier molecular flexibility index (Phi) is 7.82. The summed E-state index contributed by atoms with van der Waals surface area (Å²) >= 11 is 0. The third kappa shape index (κ3) is 5.74. The summed E-state index contributed by atoms with van der Waals surface area (Å²) in [5.41, 5.74) is 6.31. The molecule has 0 saturated heterocycles. The van der Waals surface area contributed by atoms with Gasteiger partial charge in [-0.05, 0) is 58.1 Å². The lowest BCUT2D eigenvalue weighted by molar-refractivity contribution is -0.116. The first-order valence-electron chi connectivity index (χ1n) is 9.43. The van der Waals surface area contributed by atoms with Crippen LogP contribution in [0.25, 0.3) is 0 Å². The molecule has 1 aromatic heterocycles. The number of nitrogens with one attached hydrogen (secondary N) is 2. The molecular weight excluding hydrogens is 388 g/mol. The summed E-state index contributed by atoms with van der Waals surface area (Å²) in [6.07, 6.45) is 1.87. The van der Waals surface area contributed by atoms with Gasteiger partial charge in [0.2, 0.25) is 5.91 Å². The van der Waals surface area contributed by atoms with Crippen LogP contribution in [0.2, 0.25) is 0 Å². The van der Waals surface area contributed by atoms with Crippen LogP contribution in [0.5, 0.6) is 0 Å². The number of aromatic nitrogens is 2. The standard InChI is InChI=1S/C20H26N6O4/c1-13(27)15-5-7-16(8-6-15)26(12-18(21)28)20(30)25(10-4-9-22-3)19(29)17-11-23-14(2)24-17/h5-8,11,22H,4,9-10,12H2,1-3H3,(H2,21,28)(H,23,24). The zero-order valence-corrected chi connectivity index (χ0v) is 17.3. The molecule has 0 radical (unpaired) electrons. The van der Waals surface area contributed by atoms with E-state index in [-0.39, 0.29) is 18.0 Å². The van der Waals surface area contributed by atoms with E-state index in [4.69, 9.17) is 5.73 Å². The van der Waals surface area contributed by atoms with Gasteiger partial charge in [-0.3, -0.25) is 24.2 Å². The fraction of sp³-hybridized carbons (Fsp3) is 0.350. The Morgan fingerprint density at radius 1 is 1.17 bits per heavy atom. The molecule has 4 amide bonds. The molecule has 160 valence electrons. The van der Waals surface area contributed by atoms with Crippen LogP contribution in [-0.2, 0) is 4.79 Å². The number of benzene rings is 1. The second kappa shape index (κ2) is 10.3. The van der Waals surface area contributed by atoms with Crippen molar-refractivity contribution in [1.29, 1.82) is 0 Å². The van der Waals surface area contributed by atoms with Gasteiger partial charge in [0.25, 0.3) is 5.91 Å². The summed E-state index contributed by atoms with van der Waals surface area (Å²) in [5, 5.41) is 2.97. The van der Waals surface area contributed by atoms with Gasteiger partial charge in [-0.2, -0.15) is 0 Å². The number of carbonyl (C=O) groups excluding carboxylic acids is 4. The van der Waals surface area contributed by atoms with Crippen molar-refractivity contribution in [1.82, 2.24) is 20.2 Å². The Bertz CT molecular complexity index is 922. The van der Waals surface area contributed by atoms with Crippen LogP contribution < -0.4 is 16.0 Å². The second-order valence-electron chi connectivity index (χ2n) is 6.73. The molecular formula is C20H26N6O4. The number of aryl methyl sites for hydroxylation is 1. The van der Waals surface area contributed by atoms with E-state index < -0.39 is 24.4 Å². The van der Waals surface area contributed by atoms with Crippen molar-refractivity contribution < 1.29 is 19.2 Å². The quantitative estimate of drug-likeness (QED) is 0.414. The number of primary amides is 1. The van der Waals surface area contributed by atoms with Gasteiger partial charge in [-0.15, -0.1) is 0 Å². The molecule has 0 fully saturated rings. The molecule has 0 atom stereocenters. The second-order valence-corrected chi connectivity index (χ2v) is 6.73. The minimum atomic E-state index is -0.737. The molecule has 0 aliphatic rings. The number of carbonyl (C=O) groups is 4. The monoisotopic (exact) mass is 414 g/mol. The number of nitrogens with two attached hydrogens (primary N) is 1. The van der Waals surface area contributed by atoms with Crippen molar-refractivity contribution in [2.24, 2.45) is 5.73 Å². The van der Waals surface area contributed by atoms with Gasteiger partial charge in [0.15, 0.2) is 5.78 Å². The number of aromatic amines is 1. The highest BCUT2D eigenvalue weighted by molar-refractivity contribution is 6.09. The number of nitrogens with zero attached hydrogens (tertiary/aromatic N) is 3. The van der Waals surface area contributed by atoms with Crippen LogP contribution in [0.1, 0.15) is 40.0 Å². The molecule has 1 heterocycles. The molecule has 1 aromatic carbocycles. The zero-order valence-electron chi connectivity index (χ0n) is 17.3. The lowest BCUT2D eigenvalue weighted by Gasteiger charge is -2.28. The first-order valence-corrected chi connectivity index (χ1v) is 9.43. The van der Waals surface area contributed by atoms with Crippen LogP contribution in [-0.4, -0.2) is 65.2 Å². The molecule has 10 heteroatoms. The van der Waals surface area contributed by atoms with Crippen LogP contribution in [0, 0.1) is 6.92 Å². The summed E-state index contributed by atoms with van der Waals surface area (Å²) < 4.78 is 0. The number of imidazole rings is 1. The normalized spacial score (nSPS) is 10.5. The van der Waals surface area contributed by atoms with Gasteiger partial charge >= 0.3 is 6.03 Å². The van der Waals surface area contributed by atoms with Crippen molar-refractivity contribution in [3.05, 3.63) is 47.5 Å². The van der Waals surface area contributed by atoms with Crippen LogP contribution in [0.3, 0.4) is 0 Å². The topological polar surface area (TPSA) is 141 Å². The third-order valence-electron chi connectivity index (χ3n) is 4.35. The van der Waals surface area contributed by atoms with Crippen molar-refractivity contribution in [2.75, 3.05) is 31.6 Å². The van der Waals surface area contributed by atoms with Crippen molar-refractivity contribution in [2.45, 2.75) is 20.3 Å². The molecule has 0 saturated carbocycles. The average molecular weight is 414 g/mol. The minimum Gasteiger partial charge on any atom is -0.368 e. The maximum Gasteiger partial charge on any atom is 0.331 e. The van der Waals surface area contributed by atoms with E-state index in [2.05, 4.69) is 15.3 Å². The number of rotatable bonds is 9. The molecule has 4 N–H and O–H groups in total. The number of anilines is 1. The Morgan fingerprint density at radius 2 is 1.83 bits per heavy atom. The highest BCUT2D eigenvalue weighted by atomic mass is 16.2. The smallest absolute Gasteiger partial charge is 0.331 e. The largest absolute Gasteiger partial charge is 0.368 e. The summed E-state index contributed by atoms with van der Waals surface area (Å²) in [5.74, 6) is -0.895. The fourth-order valence-corrected chi connectivity index (χ4v) is 2.82. The summed E-state index contributed by atoms with van der Waals surface area (Å²) in [4.78, 5) is 58.4. The van der Waals surface area contributed by atoms with Gasteiger partial charge in [-0.25, -0.2) is 9.78 Å². The number of Topliss-reactive ketones (excluding diaryl/α,β-unsaturated/α-hetero) is 1. The maximum atomic E-state index is 13.3. The van der Waals surface area contributed by atoms with E-state index in [1.807, 2.05) is 0 Å². The van der Waals surface area contributed by atoms with E-state index in [0.29, 0.717) is 30.0 Å². The van der Waals surface area contributed by atoms with Gasteiger partial charge < -0.3 is 16.0 Å². The molecule has 0 spiro atoms. The van der Waals surface area contributed by atoms with Crippen LogP contribution in [0.4, 0.5) is 10.5 Å². The van der Waals surface area contributed by atoms with Gasteiger partial charge in [0, 0.05) is 17.8 Å². The molecule has 2 aromatic rings. The van der Waals surface area contributed by atoms with Gasteiger partial charge in [-0.1, -0.05) is 0 Å². The summed E-state index contributed by atoms with van der Waals surface area (Å²) in [6.45, 7) is 3.41. The van der Waals surface area contributed by atoms with Crippen molar-refractivity contribution in [3.63, 3.8) is 0 Å². The van der Waals surface area contributed by atoms with Crippen LogP contribution in [0.15, 0.2) is 30.5 Å². The van der Waals surface area contributed by atoms with E-state index in [1.165, 1.54) is 25.3 Å². The maximum absolute atomic E-state index is 13.3. The first kappa shape index (κ1) is 22.8. The molecule has 0 aliphatic heterocycles. The summed E-state index contributed by atoms with van der Waals surface area (Å²) in [7, 11) is 1.77. The fourth-order valence-electron chi connectivity index (χ4n) is 2.82. The molecule has 30 heavy (non-hydrogen) atoms. The predicted molar refractivity (Wildman–Crippen MR) is 111 cm³/mol. The highest BCUT2D eigenvalue weighted by Crippen LogP contribution is 2.19. The predicted octanol–water partition coefficient (Wildman–Crippen LogP) is 1.08. The number of urea groups is 1. The SMILES string of the molecule is CNCCCN(C(=O)c1cnc(C)[nH]1)C(=O)N(CC(N)=O)c1ccc(C(C)=O)cc1. The lowest BCUT2D eigenvalue weighted by atomic mass is 10.1. The molecule has 0 bridgehead atoms. The van der Waals surface area contributed by atoms with E-state index in [1.54, 1.807) is 26.1 Å². The Morgan fingerprint density at radius 3 is 2.33 bits per heavy atom. The molecule has 10 nitrogen and oxygen atoms in total. The van der Waals surface area contributed by atoms with E-state index >= 15 is 0 Å². The number of amides is 4. The number of ketones is 1. The van der Waals surface area contributed by atoms with E-state index in [0.717, 1.165) is 9.80 Å².